The quantitative estimate of drug-likeness (QED) is 0.295. The number of hydrogen-bond donors (Lipinski definition) is 2. The molecule has 3 aromatic rings. The molecule has 0 aromatic heterocycles. The smallest absolute Gasteiger partial charge is 0.449 e. The minimum Gasteiger partial charge on any atom is -0.449 e. The zero-order valence-electron chi connectivity index (χ0n) is 14.6. The first kappa shape index (κ1) is 19.3. The summed E-state index contributed by atoms with van der Waals surface area (Å²) in [6.45, 7) is 0. The van der Waals surface area contributed by atoms with E-state index in [0.29, 0.717) is 0 Å². The standard InChI is InChI=1S/C20H16BNO6/c23-20(16-11-17(21(24)25)13-18(12-16)22(26)27)28-19(14-7-3-1-4-8-14)15-9-5-2-6-10-15/h1-13,19,24-25H. The molecule has 0 atom stereocenters. The van der Waals surface area contributed by atoms with Crippen LogP contribution in [0.2, 0.25) is 0 Å². The van der Waals surface area contributed by atoms with Gasteiger partial charge in [-0.2, -0.15) is 0 Å². The van der Waals surface area contributed by atoms with Gasteiger partial charge in [0, 0.05) is 12.1 Å². The number of ether oxygens (including phenoxy) is 1. The predicted molar refractivity (Wildman–Crippen MR) is 103 cm³/mol. The Balaban J connectivity index is 1.98. The van der Waals surface area contributed by atoms with Crippen molar-refractivity contribution >= 4 is 24.2 Å². The molecule has 0 amide bonds. The van der Waals surface area contributed by atoms with Crippen LogP contribution in [0.5, 0.6) is 0 Å². The molecular weight excluding hydrogens is 361 g/mol. The van der Waals surface area contributed by atoms with Crippen LogP contribution < -0.4 is 5.46 Å². The average molecular weight is 377 g/mol. The fraction of sp³-hybridized carbons (Fsp3) is 0.0500. The molecule has 0 aliphatic heterocycles. The highest BCUT2D eigenvalue weighted by Gasteiger charge is 2.24. The molecule has 0 heterocycles. The summed E-state index contributed by atoms with van der Waals surface area (Å²) in [6, 6.07) is 21.3. The van der Waals surface area contributed by atoms with Crippen LogP contribution in [-0.2, 0) is 4.74 Å². The second-order valence-corrected chi connectivity index (χ2v) is 6.05. The number of benzene rings is 3. The third-order valence-corrected chi connectivity index (χ3v) is 4.11. The molecule has 0 saturated heterocycles. The van der Waals surface area contributed by atoms with Crippen LogP contribution in [0.3, 0.4) is 0 Å². The SMILES string of the molecule is O=C(OC(c1ccccc1)c1ccccc1)c1cc(B(O)O)cc([N+](=O)[O-])c1. The largest absolute Gasteiger partial charge is 0.488 e. The minimum atomic E-state index is -1.95. The van der Waals surface area contributed by atoms with Crippen LogP contribution >= 0.6 is 0 Å². The van der Waals surface area contributed by atoms with E-state index in [1.165, 1.54) is 0 Å². The monoisotopic (exact) mass is 377 g/mol. The molecule has 3 aromatic carbocycles. The van der Waals surface area contributed by atoms with Crippen molar-refractivity contribution < 1.29 is 24.5 Å². The van der Waals surface area contributed by atoms with Crippen molar-refractivity contribution in [3.8, 4) is 0 Å². The number of nitro benzene ring substituents is 1. The lowest BCUT2D eigenvalue weighted by atomic mass is 9.79. The number of rotatable bonds is 6. The summed E-state index contributed by atoms with van der Waals surface area (Å²) in [7, 11) is -1.95. The number of carbonyl (C=O) groups is 1. The number of nitrogens with zero attached hydrogens (tertiary/aromatic N) is 1. The van der Waals surface area contributed by atoms with E-state index in [1.807, 2.05) is 36.4 Å². The lowest BCUT2D eigenvalue weighted by Crippen LogP contribution is -2.31. The molecule has 0 aliphatic rings. The highest BCUT2D eigenvalue weighted by Crippen LogP contribution is 2.27. The number of carbonyl (C=O) groups excluding carboxylic acids is 1. The van der Waals surface area contributed by atoms with E-state index >= 15 is 0 Å². The summed E-state index contributed by atoms with van der Waals surface area (Å²) in [5.41, 5.74) is 0.713. The van der Waals surface area contributed by atoms with E-state index in [2.05, 4.69) is 0 Å². The van der Waals surface area contributed by atoms with Crippen molar-refractivity contribution in [2.24, 2.45) is 0 Å². The predicted octanol–water partition coefficient (Wildman–Crippen LogP) is 2.22. The molecule has 28 heavy (non-hydrogen) atoms. The maximum absolute atomic E-state index is 12.7. The van der Waals surface area contributed by atoms with Crippen LogP contribution in [0, 0.1) is 10.1 Å². The molecule has 3 rings (SSSR count). The Morgan fingerprint density at radius 3 is 1.93 bits per heavy atom. The Labute approximate surface area is 161 Å². The van der Waals surface area contributed by atoms with Gasteiger partial charge in [0.1, 0.15) is 0 Å². The molecule has 8 heteroatoms. The van der Waals surface area contributed by atoms with Gasteiger partial charge in [-0.25, -0.2) is 4.79 Å². The fourth-order valence-electron chi connectivity index (χ4n) is 2.77. The number of non-ortho nitro benzene ring substituents is 1. The molecule has 2 N–H and O–H groups in total. The second kappa shape index (κ2) is 8.47. The number of nitro groups is 1. The topological polar surface area (TPSA) is 110 Å². The van der Waals surface area contributed by atoms with Crippen molar-refractivity contribution in [1.82, 2.24) is 0 Å². The summed E-state index contributed by atoms with van der Waals surface area (Å²) in [6.07, 6.45) is -0.725. The van der Waals surface area contributed by atoms with E-state index in [0.717, 1.165) is 29.3 Å². The zero-order chi connectivity index (χ0) is 20.1. The lowest BCUT2D eigenvalue weighted by Gasteiger charge is -2.19. The van der Waals surface area contributed by atoms with E-state index in [9.17, 15) is 25.0 Å². The van der Waals surface area contributed by atoms with Crippen molar-refractivity contribution in [3.05, 3.63) is 106 Å². The van der Waals surface area contributed by atoms with E-state index < -0.39 is 29.8 Å². The van der Waals surface area contributed by atoms with Crippen LogP contribution in [0.15, 0.2) is 78.9 Å². The highest BCUT2D eigenvalue weighted by atomic mass is 16.6. The molecule has 0 spiro atoms. The number of hydrogen-bond acceptors (Lipinski definition) is 6. The first-order valence-electron chi connectivity index (χ1n) is 8.42. The van der Waals surface area contributed by atoms with Gasteiger partial charge in [0.05, 0.1) is 10.5 Å². The first-order chi connectivity index (χ1) is 13.5. The van der Waals surface area contributed by atoms with Crippen molar-refractivity contribution in [1.29, 1.82) is 0 Å². The summed E-state index contributed by atoms with van der Waals surface area (Å²) in [5.74, 6) is -0.816. The maximum Gasteiger partial charge on any atom is 0.488 e. The van der Waals surface area contributed by atoms with E-state index in [1.54, 1.807) is 24.3 Å². The van der Waals surface area contributed by atoms with E-state index in [4.69, 9.17) is 4.74 Å². The summed E-state index contributed by atoms with van der Waals surface area (Å²) < 4.78 is 5.65. The Morgan fingerprint density at radius 2 is 1.46 bits per heavy atom. The Bertz CT molecular complexity index is 939. The second-order valence-electron chi connectivity index (χ2n) is 6.05. The van der Waals surface area contributed by atoms with Gasteiger partial charge < -0.3 is 14.8 Å². The van der Waals surface area contributed by atoms with Crippen molar-refractivity contribution in [3.63, 3.8) is 0 Å². The van der Waals surface area contributed by atoms with Gasteiger partial charge in [-0.1, -0.05) is 60.7 Å². The van der Waals surface area contributed by atoms with Crippen LogP contribution in [0.1, 0.15) is 27.6 Å². The Hall–Kier alpha value is -3.49. The van der Waals surface area contributed by atoms with Crippen LogP contribution in [-0.4, -0.2) is 28.1 Å². The zero-order valence-corrected chi connectivity index (χ0v) is 14.6. The fourth-order valence-corrected chi connectivity index (χ4v) is 2.77. The Kier molecular flexibility index (Phi) is 5.83. The van der Waals surface area contributed by atoms with Gasteiger partial charge in [0.15, 0.2) is 6.10 Å². The molecule has 0 fully saturated rings. The van der Waals surface area contributed by atoms with Gasteiger partial charge in [-0.05, 0) is 22.7 Å². The first-order valence-corrected chi connectivity index (χ1v) is 8.42. The normalized spacial score (nSPS) is 10.5. The molecule has 7 nitrogen and oxygen atoms in total. The minimum absolute atomic E-state index is 0.144. The van der Waals surface area contributed by atoms with E-state index in [-0.39, 0.29) is 11.0 Å². The number of esters is 1. The van der Waals surface area contributed by atoms with Gasteiger partial charge >= 0.3 is 13.1 Å². The van der Waals surface area contributed by atoms with Crippen molar-refractivity contribution in [2.75, 3.05) is 0 Å². The Morgan fingerprint density at radius 1 is 0.929 bits per heavy atom. The molecule has 140 valence electrons. The third-order valence-electron chi connectivity index (χ3n) is 4.11. The summed E-state index contributed by atoms with van der Waals surface area (Å²) in [4.78, 5) is 23.1. The van der Waals surface area contributed by atoms with Gasteiger partial charge in [-0.3, -0.25) is 10.1 Å². The maximum atomic E-state index is 12.7. The molecule has 0 saturated carbocycles. The molecule has 0 unspecified atom stereocenters. The molecule has 0 aliphatic carbocycles. The third kappa shape index (κ3) is 4.43. The highest BCUT2D eigenvalue weighted by molar-refractivity contribution is 6.58. The van der Waals surface area contributed by atoms with Gasteiger partial charge in [0.2, 0.25) is 0 Å². The van der Waals surface area contributed by atoms with Crippen LogP contribution in [0.25, 0.3) is 0 Å². The van der Waals surface area contributed by atoms with Crippen molar-refractivity contribution in [2.45, 2.75) is 6.10 Å². The lowest BCUT2D eigenvalue weighted by molar-refractivity contribution is -0.384. The molecule has 0 bridgehead atoms. The average Bonchev–Trinajstić information content (AvgIpc) is 2.72. The van der Waals surface area contributed by atoms with Gasteiger partial charge in [-0.15, -0.1) is 0 Å². The van der Waals surface area contributed by atoms with Gasteiger partial charge in [0.25, 0.3) is 5.69 Å². The molecular formula is C20H16BNO6. The summed E-state index contributed by atoms with van der Waals surface area (Å²) >= 11 is 0. The molecule has 0 radical (unpaired) electrons. The summed E-state index contributed by atoms with van der Waals surface area (Å²) in [5, 5.41) is 29.8. The van der Waals surface area contributed by atoms with Crippen LogP contribution in [0.4, 0.5) is 5.69 Å².